The fourth-order valence-corrected chi connectivity index (χ4v) is 1.08. The molecule has 3 nitrogen and oxygen atoms in total. The van der Waals surface area contributed by atoms with Crippen LogP contribution in [0, 0.1) is 0 Å². The highest BCUT2D eigenvalue weighted by Crippen LogP contribution is 2.16. The molecule has 0 unspecified atom stereocenters. The fourth-order valence-electron chi connectivity index (χ4n) is 0.924. The van der Waals surface area contributed by atoms with E-state index in [1.807, 2.05) is 26.1 Å². The summed E-state index contributed by atoms with van der Waals surface area (Å²) in [6, 6.07) is 3.65. The largest absolute Gasteiger partial charge is 0.375 e. The van der Waals surface area contributed by atoms with E-state index < -0.39 is 0 Å². The quantitative estimate of drug-likeness (QED) is 0.810. The molecule has 0 aromatic carbocycles. The minimum Gasteiger partial charge on any atom is -0.375 e. The third-order valence-corrected chi connectivity index (χ3v) is 1.96. The van der Waals surface area contributed by atoms with Crippen LogP contribution >= 0.6 is 11.6 Å². The maximum Gasteiger partial charge on any atom is 0.126 e. The average Bonchev–Trinajstić information content (AvgIpc) is 2.17. The van der Waals surface area contributed by atoms with Crippen LogP contribution in [0.5, 0.6) is 0 Å². The second-order valence-electron chi connectivity index (χ2n) is 2.51. The van der Waals surface area contributed by atoms with Gasteiger partial charge in [-0.15, -0.1) is 0 Å². The van der Waals surface area contributed by atoms with Crippen molar-refractivity contribution >= 4 is 17.4 Å². The van der Waals surface area contributed by atoms with E-state index >= 15 is 0 Å². The lowest BCUT2D eigenvalue weighted by atomic mass is 10.3. The highest BCUT2D eigenvalue weighted by atomic mass is 35.5. The van der Waals surface area contributed by atoms with E-state index in [2.05, 4.69) is 10.3 Å². The molecule has 13 heavy (non-hydrogen) atoms. The van der Waals surface area contributed by atoms with Gasteiger partial charge in [-0.2, -0.15) is 0 Å². The third kappa shape index (κ3) is 2.86. The molecule has 0 amide bonds. The summed E-state index contributed by atoms with van der Waals surface area (Å²) in [6.45, 7) is 3.07. The van der Waals surface area contributed by atoms with Gasteiger partial charge < -0.3 is 10.1 Å². The molecule has 0 bridgehead atoms. The van der Waals surface area contributed by atoms with Crippen LogP contribution < -0.4 is 5.32 Å². The molecule has 1 N–H and O–H groups in total. The van der Waals surface area contributed by atoms with Gasteiger partial charge in [0.15, 0.2) is 0 Å². The number of halogens is 1. The number of anilines is 1. The molecule has 0 atom stereocenters. The van der Waals surface area contributed by atoms with Crippen LogP contribution in [0.15, 0.2) is 12.1 Å². The lowest BCUT2D eigenvalue weighted by Gasteiger charge is -2.05. The van der Waals surface area contributed by atoms with E-state index in [9.17, 15) is 0 Å². The number of hydrogen-bond donors (Lipinski definition) is 1. The summed E-state index contributed by atoms with van der Waals surface area (Å²) in [5.41, 5.74) is 0.773. The first-order valence-corrected chi connectivity index (χ1v) is 4.56. The minimum atomic E-state index is 0.463. The van der Waals surface area contributed by atoms with Gasteiger partial charge in [-0.05, 0) is 19.1 Å². The second kappa shape index (κ2) is 5.04. The zero-order chi connectivity index (χ0) is 9.68. The summed E-state index contributed by atoms with van der Waals surface area (Å²) in [7, 11) is 1.82. The van der Waals surface area contributed by atoms with Crippen molar-refractivity contribution in [1.82, 2.24) is 4.98 Å². The third-order valence-electron chi connectivity index (χ3n) is 1.62. The molecule has 0 spiro atoms. The Balaban J connectivity index is 2.78. The van der Waals surface area contributed by atoms with Gasteiger partial charge in [-0.3, -0.25) is 0 Å². The van der Waals surface area contributed by atoms with Crippen molar-refractivity contribution in [2.24, 2.45) is 0 Å². The predicted molar refractivity (Wildman–Crippen MR) is 54.1 cm³/mol. The van der Waals surface area contributed by atoms with Gasteiger partial charge in [0.1, 0.15) is 5.82 Å². The number of hydrogen-bond acceptors (Lipinski definition) is 3. The van der Waals surface area contributed by atoms with E-state index in [4.69, 9.17) is 16.3 Å². The lowest BCUT2D eigenvalue weighted by Crippen LogP contribution is -1.99. The summed E-state index contributed by atoms with van der Waals surface area (Å²) in [5.74, 6) is 0.805. The molecule has 0 aliphatic carbocycles. The highest BCUT2D eigenvalue weighted by molar-refractivity contribution is 6.31. The molecule has 0 fully saturated rings. The van der Waals surface area contributed by atoms with Crippen LogP contribution in [0.25, 0.3) is 0 Å². The summed E-state index contributed by atoms with van der Waals surface area (Å²) < 4.78 is 5.23. The van der Waals surface area contributed by atoms with Gasteiger partial charge >= 0.3 is 0 Å². The SMILES string of the molecule is CCOCc1nc(NC)ccc1Cl. The van der Waals surface area contributed by atoms with Crippen molar-refractivity contribution in [2.75, 3.05) is 19.0 Å². The van der Waals surface area contributed by atoms with Crippen LogP contribution in [-0.2, 0) is 11.3 Å². The van der Waals surface area contributed by atoms with Crippen molar-refractivity contribution in [1.29, 1.82) is 0 Å². The molecule has 1 rings (SSSR count). The Morgan fingerprint density at radius 2 is 2.31 bits per heavy atom. The van der Waals surface area contributed by atoms with Gasteiger partial charge in [-0.25, -0.2) is 4.98 Å². The van der Waals surface area contributed by atoms with Crippen LogP contribution in [-0.4, -0.2) is 18.6 Å². The van der Waals surface area contributed by atoms with E-state index in [0.29, 0.717) is 18.2 Å². The molecule has 1 aromatic rings. The summed E-state index contributed by atoms with van der Waals surface area (Å²) in [6.07, 6.45) is 0. The van der Waals surface area contributed by atoms with Crippen molar-refractivity contribution in [2.45, 2.75) is 13.5 Å². The van der Waals surface area contributed by atoms with E-state index in [0.717, 1.165) is 11.5 Å². The molecule has 72 valence electrons. The number of rotatable bonds is 4. The van der Waals surface area contributed by atoms with Crippen LogP contribution in [0.4, 0.5) is 5.82 Å². The first kappa shape index (κ1) is 10.3. The van der Waals surface area contributed by atoms with E-state index in [-0.39, 0.29) is 0 Å². The Bertz CT molecular complexity index is 278. The zero-order valence-corrected chi connectivity index (χ0v) is 8.56. The van der Waals surface area contributed by atoms with Gasteiger partial charge in [0, 0.05) is 13.7 Å². The van der Waals surface area contributed by atoms with E-state index in [1.54, 1.807) is 0 Å². The second-order valence-corrected chi connectivity index (χ2v) is 2.92. The number of aromatic nitrogens is 1. The minimum absolute atomic E-state index is 0.463. The molecule has 0 aliphatic rings. The fraction of sp³-hybridized carbons (Fsp3) is 0.444. The highest BCUT2D eigenvalue weighted by Gasteiger charge is 2.02. The Labute approximate surface area is 83.1 Å². The van der Waals surface area contributed by atoms with Crippen LogP contribution in [0.3, 0.4) is 0 Å². The van der Waals surface area contributed by atoms with Gasteiger partial charge in [0.2, 0.25) is 0 Å². The smallest absolute Gasteiger partial charge is 0.126 e. The van der Waals surface area contributed by atoms with Crippen molar-refractivity contribution < 1.29 is 4.74 Å². The first-order chi connectivity index (χ1) is 6.27. The maximum absolute atomic E-state index is 5.92. The Kier molecular flexibility index (Phi) is 3.99. The van der Waals surface area contributed by atoms with Crippen LogP contribution in [0.2, 0.25) is 5.02 Å². The van der Waals surface area contributed by atoms with Crippen molar-refractivity contribution in [3.63, 3.8) is 0 Å². The molecular weight excluding hydrogens is 188 g/mol. The Hall–Kier alpha value is -0.800. The van der Waals surface area contributed by atoms with Crippen molar-refractivity contribution in [3.05, 3.63) is 22.8 Å². The Morgan fingerprint density at radius 3 is 2.92 bits per heavy atom. The van der Waals surface area contributed by atoms with E-state index in [1.165, 1.54) is 0 Å². The maximum atomic E-state index is 5.92. The summed E-state index contributed by atoms with van der Waals surface area (Å²) in [4.78, 5) is 4.26. The lowest BCUT2D eigenvalue weighted by molar-refractivity contribution is 0.131. The van der Waals surface area contributed by atoms with Gasteiger partial charge in [-0.1, -0.05) is 11.6 Å². The summed E-state index contributed by atoms with van der Waals surface area (Å²) >= 11 is 5.92. The topological polar surface area (TPSA) is 34.1 Å². The molecule has 1 aromatic heterocycles. The van der Waals surface area contributed by atoms with Gasteiger partial charge in [0.25, 0.3) is 0 Å². The van der Waals surface area contributed by atoms with Crippen LogP contribution in [0.1, 0.15) is 12.6 Å². The summed E-state index contributed by atoms with van der Waals surface area (Å²) in [5, 5.41) is 3.59. The normalized spacial score (nSPS) is 10.1. The average molecular weight is 201 g/mol. The molecular formula is C9H13ClN2O. The molecule has 0 saturated heterocycles. The number of nitrogens with zero attached hydrogens (tertiary/aromatic N) is 1. The molecule has 0 aliphatic heterocycles. The number of ether oxygens (including phenoxy) is 1. The Morgan fingerprint density at radius 1 is 1.54 bits per heavy atom. The zero-order valence-electron chi connectivity index (χ0n) is 7.80. The van der Waals surface area contributed by atoms with Gasteiger partial charge in [0.05, 0.1) is 17.3 Å². The monoisotopic (exact) mass is 200 g/mol. The molecule has 0 radical (unpaired) electrons. The standard InChI is InChI=1S/C9H13ClN2O/c1-3-13-6-8-7(10)4-5-9(11-2)12-8/h4-5H,3,6H2,1-2H3,(H,11,12). The van der Waals surface area contributed by atoms with Crippen molar-refractivity contribution in [3.8, 4) is 0 Å². The number of pyridine rings is 1. The molecule has 0 saturated carbocycles. The number of nitrogens with one attached hydrogen (secondary N) is 1. The molecule has 1 heterocycles. The predicted octanol–water partition coefficient (Wildman–Crippen LogP) is 2.31. The first-order valence-electron chi connectivity index (χ1n) is 4.18. The molecule has 4 heteroatoms.